The number of amides is 2. The summed E-state index contributed by atoms with van der Waals surface area (Å²) in [7, 11) is 0. The number of aryl methyl sites for hydroxylation is 2. The second-order valence-corrected chi connectivity index (χ2v) is 7.59. The van der Waals surface area contributed by atoms with E-state index in [1.807, 2.05) is 32.0 Å². The Hall–Kier alpha value is -3.38. The van der Waals surface area contributed by atoms with Crippen LogP contribution in [0.15, 0.2) is 60.7 Å². The fourth-order valence-corrected chi connectivity index (χ4v) is 3.02. The van der Waals surface area contributed by atoms with E-state index in [0.717, 1.165) is 11.1 Å². The zero-order chi connectivity index (χ0) is 22.5. The molecule has 0 aliphatic rings. The van der Waals surface area contributed by atoms with Gasteiger partial charge in [0.1, 0.15) is 11.6 Å². The number of benzene rings is 3. The minimum absolute atomic E-state index is 0.0864. The van der Waals surface area contributed by atoms with Crippen LogP contribution < -0.4 is 15.4 Å². The van der Waals surface area contributed by atoms with Crippen molar-refractivity contribution in [2.24, 2.45) is 0 Å². The maximum atomic E-state index is 13.3. The highest BCUT2D eigenvalue weighted by Gasteiger charge is 2.17. The lowest BCUT2D eigenvalue weighted by atomic mass is 10.1. The number of hydrogen-bond acceptors (Lipinski definition) is 3. The molecule has 3 aromatic carbocycles. The van der Waals surface area contributed by atoms with Crippen LogP contribution in [-0.2, 0) is 4.79 Å². The van der Waals surface area contributed by atoms with Gasteiger partial charge in [-0.3, -0.25) is 9.59 Å². The summed E-state index contributed by atoms with van der Waals surface area (Å²) in [5.41, 5.74) is 3.10. The zero-order valence-corrected chi connectivity index (χ0v) is 18.1. The van der Waals surface area contributed by atoms with Crippen LogP contribution in [0.2, 0.25) is 5.02 Å². The molecule has 0 aromatic heterocycles. The standard InChI is InChI=1S/C24H22ClFN2O3/c1-14-7-8-15(2)22(11-14)31-16(3)23(29)27-18-6-4-5-17(12-18)24(30)28-19-9-10-21(26)20(25)13-19/h4-13,16H,1-3H3,(H,27,29)(H,28,30). The molecule has 7 heteroatoms. The third kappa shape index (κ3) is 5.83. The van der Waals surface area contributed by atoms with E-state index in [9.17, 15) is 14.0 Å². The molecular weight excluding hydrogens is 419 g/mol. The van der Waals surface area contributed by atoms with Gasteiger partial charge in [0.05, 0.1) is 5.02 Å². The summed E-state index contributed by atoms with van der Waals surface area (Å²) >= 11 is 5.75. The van der Waals surface area contributed by atoms with Crippen molar-refractivity contribution >= 4 is 34.8 Å². The summed E-state index contributed by atoms with van der Waals surface area (Å²) in [5, 5.41) is 5.32. The van der Waals surface area contributed by atoms with Crippen molar-refractivity contribution in [2.75, 3.05) is 10.6 Å². The van der Waals surface area contributed by atoms with Gasteiger partial charge in [-0.1, -0.05) is 29.8 Å². The Morgan fingerprint density at radius 1 is 0.968 bits per heavy atom. The van der Waals surface area contributed by atoms with Crippen LogP contribution >= 0.6 is 11.6 Å². The van der Waals surface area contributed by atoms with Gasteiger partial charge in [0, 0.05) is 16.9 Å². The van der Waals surface area contributed by atoms with Crippen LogP contribution in [0, 0.1) is 19.7 Å². The largest absolute Gasteiger partial charge is 0.481 e. The SMILES string of the molecule is Cc1ccc(C)c(OC(C)C(=O)Nc2cccc(C(=O)Nc3ccc(F)c(Cl)c3)c2)c1. The van der Waals surface area contributed by atoms with Gasteiger partial charge in [-0.15, -0.1) is 0 Å². The highest BCUT2D eigenvalue weighted by molar-refractivity contribution is 6.31. The Kier molecular flexibility index (Phi) is 6.92. The van der Waals surface area contributed by atoms with Gasteiger partial charge in [-0.25, -0.2) is 4.39 Å². The number of nitrogens with one attached hydrogen (secondary N) is 2. The first-order valence-corrected chi connectivity index (χ1v) is 10.0. The van der Waals surface area contributed by atoms with Crippen molar-refractivity contribution in [3.8, 4) is 5.75 Å². The summed E-state index contributed by atoms with van der Waals surface area (Å²) in [6.45, 7) is 5.52. The highest BCUT2D eigenvalue weighted by Crippen LogP contribution is 2.22. The topological polar surface area (TPSA) is 67.4 Å². The third-order valence-corrected chi connectivity index (χ3v) is 4.88. The normalized spacial score (nSPS) is 11.5. The lowest BCUT2D eigenvalue weighted by Gasteiger charge is -2.17. The third-order valence-electron chi connectivity index (χ3n) is 4.59. The van der Waals surface area contributed by atoms with Crippen molar-refractivity contribution in [3.05, 3.63) is 88.2 Å². The fraction of sp³-hybridized carbons (Fsp3) is 0.167. The smallest absolute Gasteiger partial charge is 0.265 e. The number of rotatable bonds is 6. The Labute approximate surface area is 185 Å². The molecule has 0 saturated heterocycles. The minimum atomic E-state index is -0.737. The molecule has 0 saturated carbocycles. The van der Waals surface area contributed by atoms with Crippen LogP contribution in [0.25, 0.3) is 0 Å². The van der Waals surface area contributed by atoms with Crippen LogP contribution in [0.4, 0.5) is 15.8 Å². The number of carbonyl (C=O) groups excluding carboxylic acids is 2. The molecule has 31 heavy (non-hydrogen) atoms. The predicted octanol–water partition coefficient (Wildman–Crippen LogP) is 5.75. The maximum Gasteiger partial charge on any atom is 0.265 e. The van der Waals surface area contributed by atoms with Crippen LogP contribution in [0.3, 0.4) is 0 Å². The molecular formula is C24H22ClFN2O3. The molecule has 3 aromatic rings. The molecule has 0 radical (unpaired) electrons. The van der Waals surface area contributed by atoms with Crippen molar-refractivity contribution in [1.82, 2.24) is 0 Å². The van der Waals surface area contributed by atoms with E-state index in [4.69, 9.17) is 16.3 Å². The quantitative estimate of drug-likeness (QED) is 0.512. The second-order valence-electron chi connectivity index (χ2n) is 7.18. The van der Waals surface area contributed by atoms with Crippen molar-refractivity contribution in [3.63, 3.8) is 0 Å². The number of hydrogen-bond donors (Lipinski definition) is 2. The van der Waals surface area contributed by atoms with Crippen LogP contribution in [-0.4, -0.2) is 17.9 Å². The van der Waals surface area contributed by atoms with E-state index in [0.29, 0.717) is 22.7 Å². The predicted molar refractivity (Wildman–Crippen MR) is 120 cm³/mol. The average Bonchev–Trinajstić information content (AvgIpc) is 2.73. The molecule has 0 spiro atoms. The number of ether oxygens (including phenoxy) is 1. The summed E-state index contributed by atoms with van der Waals surface area (Å²) in [6, 6.07) is 16.2. The van der Waals surface area contributed by atoms with E-state index >= 15 is 0 Å². The summed E-state index contributed by atoms with van der Waals surface area (Å²) < 4.78 is 19.1. The Balaban J connectivity index is 1.66. The fourth-order valence-electron chi connectivity index (χ4n) is 2.84. The van der Waals surface area contributed by atoms with Gasteiger partial charge in [0.2, 0.25) is 0 Å². The molecule has 1 atom stereocenters. The van der Waals surface area contributed by atoms with Gasteiger partial charge in [0.15, 0.2) is 6.10 Å². The van der Waals surface area contributed by atoms with Gasteiger partial charge < -0.3 is 15.4 Å². The van der Waals surface area contributed by atoms with Crippen LogP contribution in [0.1, 0.15) is 28.4 Å². The molecule has 0 fully saturated rings. The molecule has 160 valence electrons. The Morgan fingerprint density at radius 2 is 1.71 bits per heavy atom. The maximum absolute atomic E-state index is 13.3. The van der Waals surface area contributed by atoms with Gasteiger partial charge in [0.25, 0.3) is 11.8 Å². The molecule has 1 unspecified atom stereocenters. The van der Waals surface area contributed by atoms with Gasteiger partial charge in [-0.2, -0.15) is 0 Å². The van der Waals surface area contributed by atoms with E-state index < -0.39 is 17.8 Å². The molecule has 2 amide bonds. The van der Waals surface area contributed by atoms with Crippen LogP contribution in [0.5, 0.6) is 5.75 Å². The highest BCUT2D eigenvalue weighted by atomic mass is 35.5. The summed E-state index contributed by atoms with van der Waals surface area (Å²) in [6.07, 6.45) is -0.737. The molecule has 0 heterocycles. The molecule has 3 rings (SSSR count). The zero-order valence-electron chi connectivity index (χ0n) is 17.3. The monoisotopic (exact) mass is 440 g/mol. The van der Waals surface area contributed by atoms with E-state index in [1.165, 1.54) is 18.2 Å². The number of halogens is 2. The van der Waals surface area contributed by atoms with E-state index in [2.05, 4.69) is 10.6 Å². The molecule has 5 nitrogen and oxygen atoms in total. The lowest BCUT2D eigenvalue weighted by molar-refractivity contribution is -0.122. The number of carbonyl (C=O) groups is 2. The number of anilines is 2. The first kappa shape index (κ1) is 22.3. The second kappa shape index (κ2) is 9.62. The molecule has 2 N–H and O–H groups in total. The van der Waals surface area contributed by atoms with Crippen molar-refractivity contribution in [1.29, 1.82) is 0 Å². The summed E-state index contributed by atoms with van der Waals surface area (Å²) in [4.78, 5) is 25.1. The average molecular weight is 441 g/mol. The van der Waals surface area contributed by atoms with Crippen molar-refractivity contribution < 1.29 is 18.7 Å². The molecule has 0 bridgehead atoms. The van der Waals surface area contributed by atoms with E-state index in [1.54, 1.807) is 31.2 Å². The molecule has 0 aliphatic heterocycles. The summed E-state index contributed by atoms with van der Waals surface area (Å²) in [5.74, 6) is -0.683. The first-order valence-electron chi connectivity index (χ1n) is 9.64. The Bertz CT molecular complexity index is 1130. The van der Waals surface area contributed by atoms with Gasteiger partial charge >= 0.3 is 0 Å². The Morgan fingerprint density at radius 3 is 2.45 bits per heavy atom. The minimum Gasteiger partial charge on any atom is -0.481 e. The lowest BCUT2D eigenvalue weighted by Crippen LogP contribution is -2.30. The van der Waals surface area contributed by atoms with Gasteiger partial charge in [-0.05, 0) is 74.4 Å². The molecule has 0 aliphatic carbocycles. The van der Waals surface area contributed by atoms with E-state index in [-0.39, 0.29) is 10.9 Å². The van der Waals surface area contributed by atoms with Crippen molar-refractivity contribution in [2.45, 2.75) is 26.9 Å². The first-order chi connectivity index (χ1) is 14.7.